The first-order valence-corrected chi connectivity index (χ1v) is 10.5. The van der Waals surface area contributed by atoms with Crippen LogP contribution in [0.25, 0.3) is 0 Å². The van der Waals surface area contributed by atoms with Crippen LogP contribution in [0.3, 0.4) is 0 Å². The second-order valence-electron chi connectivity index (χ2n) is 6.39. The predicted octanol–water partition coefficient (Wildman–Crippen LogP) is 1.73. The van der Waals surface area contributed by atoms with Gasteiger partial charge in [-0.3, -0.25) is 0 Å². The van der Waals surface area contributed by atoms with Crippen LogP contribution in [-0.4, -0.2) is 23.0 Å². The summed E-state index contributed by atoms with van der Waals surface area (Å²) in [4.78, 5) is -2.06. The van der Waals surface area contributed by atoms with Crippen molar-refractivity contribution < 1.29 is 69.5 Å². The van der Waals surface area contributed by atoms with Crippen LogP contribution in [0.4, 0.5) is 0 Å². The second-order valence-corrected chi connectivity index (χ2v) is 8.06. The fraction of sp³-hybridized carbons (Fsp3) is 1.00. The topological polar surface area (TPSA) is 77.4 Å². The van der Waals surface area contributed by atoms with Gasteiger partial charge < -0.3 is 9.66 Å². The molecule has 0 radical (unpaired) electrons. The molecule has 0 heterocycles. The van der Waals surface area contributed by atoms with E-state index in [9.17, 15) is 18.1 Å². The van der Waals surface area contributed by atoms with E-state index in [2.05, 4.69) is 6.92 Å². The molecule has 0 rings (SSSR count). The summed E-state index contributed by atoms with van der Waals surface area (Å²) in [6.45, 7) is 3.77. The van der Waals surface area contributed by atoms with E-state index in [0.717, 1.165) is 19.3 Å². The molecule has 0 saturated heterocycles. The Morgan fingerprint density at radius 1 is 0.783 bits per heavy atom. The van der Waals surface area contributed by atoms with Crippen molar-refractivity contribution in [1.29, 1.82) is 0 Å². The monoisotopic (exact) mass is 374 g/mol. The van der Waals surface area contributed by atoms with Gasteiger partial charge in [0.05, 0.1) is 0 Å². The SMILES string of the molecule is CCCCCCCCCCCCCCC(O)(CC)S(=O)(=O)[O-].[K+]. The molecule has 23 heavy (non-hydrogen) atoms. The molecule has 0 aromatic carbocycles. The summed E-state index contributed by atoms with van der Waals surface area (Å²) in [6.07, 6.45) is 14.2. The molecule has 6 heteroatoms. The van der Waals surface area contributed by atoms with Crippen LogP contribution in [0.5, 0.6) is 0 Å². The Morgan fingerprint density at radius 3 is 1.43 bits per heavy atom. The minimum Gasteiger partial charge on any atom is -0.746 e. The fourth-order valence-corrected chi connectivity index (χ4v) is 3.47. The molecule has 0 aromatic heterocycles. The molecule has 0 aliphatic rings. The van der Waals surface area contributed by atoms with E-state index in [-0.39, 0.29) is 64.2 Å². The van der Waals surface area contributed by atoms with Gasteiger partial charge >= 0.3 is 51.4 Å². The number of hydrogen-bond acceptors (Lipinski definition) is 4. The van der Waals surface area contributed by atoms with E-state index in [1.807, 2.05) is 0 Å². The summed E-state index contributed by atoms with van der Waals surface area (Å²) in [5, 5.41) is 9.82. The maximum atomic E-state index is 11.0. The Balaban J connectivity index is 0. The molecule has 0 aliphatic carbocycles. The van der Waals surface area contributed by atoms with Crippen molar-refractivity contribution >= 4 is 10.1 Å². The fourth-order valence-electron chi connectivity index (χ4n) is 2.72. The summed E-state index contributed by atoms with van der Waals surface area (Å²) in [5.74, 6) is 0. The third-order valence-electron chi connectivity index (χ3n) is 4.44. The van der Waals surface area contributed by atoms with Gasteiger partial charge in [0.2, 0.25) is 0 Å². The van der Waals surface area contributed by atoms with Crippen molar-refractivity contribution in [3.63, 3.8) is 0 Å². The van der Waals surface area contributed by atoms with Gasteiger partial charge in [-0.2, -0.15) is 0 Å². The average molecular weight is 375 g/mol. The normalized spacial score (nSPS) is 14.3. The van der Waals surface area contributed by atoms with Gasteiger partial charge in [-0.25, -0.2) is 8.42 Å². The van der Waals surface area contributed by atoms with Crippen LogP contribution in [-0.2, 0) is 10.1 Å². The Labute approximate surface area is 186 Å². The summed E-state index contributed by atoms with van der Waals surface area (Å²) in [6, 6.07) is 0. The van der Waals surface area contributed by atoms with Crippen molar-refractivity contribution in [3.8, 4) is 0 Å². The Kier molecular flexibility index (Phi) is 18.3. The first-order valence-electron chi connectivity index (χ1n) is 9.05. The van der Waals surface area contributed by atoms with Crippen LogP contribution < -0.4 is 51.4 Å². The van der Waals surface area contributed by atoms with Crippen LogP contribution in [0.2, 0.25) is 0 Å². The van der Waals surface area contributed by atoms with Gasteiger partial charge in [-0.1, -0.05) is 84.5 Å². The molecule has 0 fully saturated rings. The first-order chi connectivity index (χ1) is 10.4. The zero-order valence-corrected chi connectivity index (χ0v) is 19.4. The minimum atomic E-state index is -4.62. The molecule has 134 valence electrons. The maximum Gasteiger partial charge on any atom is 1.00 e. The summed E-state index contributed by atoms with van der Waals surface area (Å²) >= 11 is 0. The number of unbranched alkanes of at least 4 members (excludes halogenated alkanes) is 11. The third kappa shape index (κ3) is 13.4. The van der Waals surface area contributed by atoms with E-state index in [1.54, 1.807) is 0 Å². The predicted molar refractivity (Wildman–Crippen MR) is 90.6 cm³/mol. The minimum absolute atomic E-state index is 0. The van der Waals surface area contributed by atoms with Crippen LogP contribution in [0, 0.1) is 0 Å². The molecule has 0 amide bonds. The molecule has 0 bridgehead atoms. The zero-order chi connectivity index (χ0) is 16.9. The largest absolute Gasteiger partial charge is 1.00 e. The Hall–Kier alpha value is 1.51. The smallest absolute Gasteiger partial charge is 0.746 e. The van der Waals surface area contributed by atoms with Crippen LogP contribution in [0.1, 0.15) is 104 Å². The number of hydrogen-bond donors (Lipinski definition) is 1. The molecule has 4 nitrogen and oxygen atoms in total. The maximum absolute atomic E-state index is 11.0. The van der Waals surface area contributed by atoms with Crippen molar-refractivity contribution in [2.45, 2.75) is 109 Å². The Bertz CT molecular complexity index is 360. The molecule has 1 unspecified atom stereocenters. The molecule has 1 atom stereocenters. The van der Waals surface area contributed by atoms with Crippen molar-refractivity contribution in [2.75, 3.05) is 0 Å². The molecule has 0 aliphatic heterocycles. The van der Waals surface area contributed by atoms with E-state index in [1.165, 1.54) is 58.3 Å². The van der Waals surface area contributed by atoms with Gasteiger partial charge in [0, 0.05) is 0 Å². The van der Waals surface area contributed by atoms with E-state index in [4.69, 9.17) is 0 Å². The van der Waals surface area contributed by atoms with Crippen molar-refractivity contribution in [1.82, 2.24) is 0 Å². The molecule has 1 N–H and O–H groups in total. The summed E-state index contributed by atoms with van der Waals surface area (Å²) in [5.41, 5.74) is 0. The van der Waals surface area contributed by atoms with Crippen LogP contribution >= 0.6 is 0 Å². The average Bonchev–Trinajstić information content (AvgIpc) is 2.47. The number of rotatable bonds is 15. The molecule has 0 saturated carbocycles. The summed E-state index contributed by atoms with van der Waals surface area (Å²) in [7, 11) is -4.62. The van der Waals surface area contributed by atoms with E-state index in [0.29, 0.717) is 6.42 Å². The molecular formula is C17H35KO4S. The van der Waals surface area contributed by atoms with Gasteiger partial charge in [-0.05, 0) is 19.3 Å². The van der Waals surface area contributed by atoms with Gasteiger partial charge in [0.15, 0.2) is 4.93 Å². The quantitative estimate of drug-likeness (QED) is 0.269. The third-order valence-corrected chi connectivity index (χ3v) is 5.86. The molecule has 0 spiro atoms. The van der Waals surface area contributed by atoms with Gasteiger partial charge in [0.25, 0.3) is 0 Å². The van der Waals surface area contributed by atoms with Crippen LogP contribution in [0.15, 0.2) is 0 Å². The molecular weight excluding hydrogens is 339 g/mol. The van der Waals surface area contributed by atoms with Gasteiger partial charge in [-0.15, -0.1) is 0 Å². The van der Waals surface area contributed by atoms with E-state index >= 15 is 0 Å². The van der Waals surface area contributed by atoms with Gasteiger partial charge in [0.1, 0.15) is 10.1 Å². The second kappa shape index (κ2) is 15.7. The standard InChI is InChI=1S/C17H36O4S.K/c1-3-5-6-7-8-9-10-11-12-13-14-15-16-17(18,4-2)22(19,20)21;/h18H,3-16H2,1-2H3,(H,19,20,21);/q;+1/p-1. The summed E-state index contributed by atoms with van der Waals surface area (Å²) < 4.78 is 33.0. The molecule has 0 aromatic rings. The van der Waals surface area contributed by atoms with E-state index < -0.39 is 15.1 Å². The Morgan fingerprint density at radius 2 is 1.13 bits per heavy atom. The zero-order valence-electron chi connectivity index (χ0n) is 15.5. The van der Waals surface area contributed by atoms with Crippen molar-refractivity contribution in [2.24, 2.45) is 0 Å². The first kappa shape index (κ1) is 26.7. The number of aliphatic hydroxyl groups is 1. The van der Waals surface area contributed by atoms with Crippen molar-refractivity contribution in [3.05, 3.63) is 0 Å².